The maximum atomic E-state index is 6.29. The number of rotatable bonds is 7. The highest BCUT2D eigenvalue weighted by Crippen LogP contribution is 2.53. The molecule has 0 bridgehead atoms. The Morgan fingerprint density at radius 2 is 1.08 bits per heavy atom. The zero-order valence-corrected chi connectivity index (χ0v) is 37.6. The van der Waals surface area contributed by atoms with E-state index in [2.05, 4.69) is 237 Å². The van der Waals surface area contributed by atoms with Gasteiger partial charge in [-0.05, 0) is 133 Å². The second-order valence-corrected chi connectivity index (χ2v) is 19.6. The smallest absolute Gasteiger partial charge is 0.136 e. The lowest BCUT2D eigenvalue weighted by molar-refractivity contribution is 0.660. The van der Waals surface area contributed by atoms with Crippen molar-refractivity contribution in [2.75, 3.05) is 4.90 Å². The van der Waals surface area contributed by atoms with Gasteiger partial charge in [0.05, 0.1) is 0 Å². The Bertz CT molecular complexity index is 3590. The molecule has 9 aromatic carbocycles. The first-order chi connectivity index (χ1) is 32.5. The fourth-order valence-corrected chi connectivity index (χ4v) is 12.4. The standard InChI is InChI=1S/C63H45NOS/c1-63(2)56-36-30-44(38-55(56)51-35-29-45(39-57(51)63)40-13-4-3-5-14-40)43-15-10-16-48(37-43)64(46-31-25-41(26-32-46)49-19-12-23-59-61(49)54-18-6-8-22-58(54)65-59)47-33-27-42(28-34-47)50-20-11-21-53-52-17-7-9-24-60(52)66-62(50)53/h3-39,52,60H,1-2H3. The van der Waals surface area contributed by atoms with Gasteiger partial charge in [0, 0.05) is 49.3 Å². The van der Waals surface area contributed by atoms with E-state index in [0.29, 0.717) is 11.2 Å². The van der Waals surface area contributed by atoms with Crippen LogP contribution in [-0.2, 0) is 5.41 Å². The van der Waals surface area contributed by atoms with Gasteiger partial charge in [-0.3, -0.25) is 0 Å². The molecule has 3 heteroatoms. The lowest BCUT2D eigenvalue weighted by Gasteiger charge is -2.27. The predicted molar refractivity (Wildman–Crippen MR) is 278 cm³/mol. The first kappa shape index (κ1) is 38.8. The number of para-hydroxylation sites is 1. The summed E-state index contributed by atoms with van der Waals surface area (Å²) in [5, 5.41) is 2.74. The Balaban J connectivity index is 0.899. The highest BCUT2D eigenvalue weighted by Gasteiger charge is 2.36. The van der Waals surface area contributed by atoms with E-state index in [0.717, 1.165) is 44.6 Å². The van der Waals surface area contributed by atoms with Gasteiger partial charge in [-0.25, -0.2) is 0 Å². The molecule has 0 saturated heterocycles. The van der Waals surface area contributed by atoms with Crippen LogP contribution in [0.5, 0.6) is 0 Å². The number of nitrogens with zero attached hydrogens (tertiary/aromatic N) is 1. The van der Waals surface area contributed by atoms with Crippen molar-refractivity contribution in [1.82, 2.24) is 0 Å². The monoisotopic (exact) mass is 863 g/mol. The molecule has 2 aliphatic carbocycles. The molecule has 0 saturated carbocycles. The van der Waals surface area contributed by atoms with E-state index in [1.165, 1.54) is 71.7 Å². The van der Waals surface area contributed by atoms with Gasteiger partial charge in [0.25, 0.3) is 0 Å². The quantitative estimate of drug-likeness (QED) is 0.159. The molecule has 13 rings (SSSR count). The summed E-state index contributed by atoms with van der Waals surface area (Å²) in [5.41, 5.74) is 21.6. The minimum atomic E-state index is -0.105. The van der Waals surface area contributed by atoms with E-state index in [4.69, 9.17) is 4.42 Å². The van der Waals surface area contributed by atoms with Crippen molar-refractivity contribution >= 4 is 50.8 Å². The van der Waals surface area contributed by atoms with Gasteiger partial charge in [-0.2, -0.15) is 0 Å². The maximum absolute atomic E-state index is 6.29. The molecule has 2 nitrogen and oxygen atoms in total. The van der Waals surface area contributed by atoms with Crippen LogP contribution in [0.25, 0.3) is 77.6 Å². The molecule has 3 aliphatic rings. The molecule has 0 N–H and O–H groups in total. The first-order valence-corrected chi connectivity index (χ1v) is 23.9. The summed E-state index contributed by atoms with van der Waals surface area (Å²) in [7, 11) is 0. The average molecular weight is 864 g/mol. The number of hydrogen-bond donors (Lipinski definition) is 0. The van der Waals surface area contributed by atoms with E-state index in [1.807, 2.05) is 17.8 Å². The van der Waals surface area contributed by atoms with Crippen LogP contribution in [0.4, 0.5) is 17.1 Å². The van der Waals surface area contributed by atoms with Gasteiger partial charge in [0.2, 0.25) is 0 Å². The predicted octanol–water partition coefficient (Wildman–Crippen LogP) is 17.7. The topological polar surface area (TPSA) is 16.4 Å². The zero-order chi connectivity index (χ0) is 43.9. The summed E-state index contributed by atoms with van der Waals surface area (Å²) in [6.45, 7) is 4.73. The SMILES string of the molecule is CC1(C)c2ccc(-c3cccc(N(c4ccc(-c5cccc6c5SC5C=CC=CC65)cc4)c4ccc(-c5cccc6oc7ccccc7c56)cc4)c3)cc2-c2ccc(-c3ccccc3)cc21. The molecule has 0 spiro atoms. The minimum Gasteiger partial charge on any atom is -0.456 e. The second kappa shape index (κ2) is 15.3. The summed E-state index contributed by atoms with van der Waals surface area (Å²) >= 11 is 1.99. The van der Waals surface area contributed by atoms with Gasteiger partial charge in [0.1, 0.15) is 11.2 Å². The highest BCUT2D eigenvalue weighted by molar-refractivity contribution is 8.00. The van der Waals surface area contributed by atoms with Crippen LogP contribution in [0.1, 0.15) is 36.5 Å². The Hall–Kier alpha value is -7.59. The molecule has 314 valence electrons. The van der Waals surface area contributed by atoms with Gasteiger partial charge in [0.15, 0.2) is 0 Å². The molecule has 66 heavy (non-hydrogen) atoms. The Morgan fingerprint density at radius 1 is 0.439 bits per heavy atom. The fourth-order valence-electron chi connectivity index (χ4n) is 10.9. The van der Waals surface area contributed by atoms with E-state index in [9.17, 15) is 0 Å². The molecule has 1 aromatic heterocycles. The van der Waals surface area contributed by atoms with Crippen LogP contribution in [-0.4, -0.2) is 5.25 Å². The molecule has 0 radical (unpaired) electrons. The summed E-state index contributed by atoms with van der Waals surface area (Å²) in [6, 6.07) is 73.6. The fraction of sp³-hybridized carbons (Fsp3) is 0.0794. The van der Waals surface area contributed by atoms with Gasteiger partial charge in [-0.1, -0.05) is 178 Å². The normalized spacial score (nSPS) is 16.3. The van der Waals surface area contributed by atoms with E-state index < -0.39 is 0 Å². The number of benzene rings is 9. The van der Waals surface area contributed by atoms with Crippen LogP contribution in [0, 0.1) is 0 Å². The summed E-state index contributed by atoms with van der Waals surface area (Å²) < 4.78 is 6.29. The molecular weight excluding hydrogens is 819 g/mol. The van der Waals surface area contributed by atoms with Gasteiger partial charge in [-0.15, -0.1) is 11.8 Å². The van der Waals surface area contributed by atoms with Crippen molar-refractivity contribution in [1.29, 1.82) is 0 Å². The summed E-state index contributed by atoms with van der Waals surface area (Å²) in [4.78, 5) is 3.80. The van der Waals surface area contributed by atoms with Crippen molar-refractivity contribution in [3.8, 4) is 55.6 Å². The van der Waals surface area contributed by atoms with E-state index in [-0.39, 0.29) is 5.41 Å². The number of thioether (sulfide) groups is 1. The summed E-state index contributed by atoms with van der Waals surface area (Å²) in [5.74, 6) is 0.429. The number of hydrogen-bond acceptors (Lipinski definition) is 3. The first-order valence-electron chi connectivity index (χ1n) is 23.0. The third-order valence-corrected chi connectivity index (χ3v) is 15.7. The largest absolute Gasteiger partial charge is 0.456 e. The molecule has 2 atom stereocenters. The third kappa shape index (κ3) is 6.25. The van der Waals surface area contributed by atoms with E-state index >= 15 is 0 Å². The van der Waals surface area contributed by atoms with Crippen LogP contribution in [0.2, 0.25) is 0 Å². The van der Waals surface area contributed by atoms with Crippen molar-refractivity contribution in [2.45, 2.75) is 35.3 Å². The Kier molecular flexibility index (Phi) is 8.98. The third-order valence-electron chi connectivity index (χ3n) is 14.2. The second-order valence-electron chi connectivity index (χ2n) is 18.4. The summed E-state index contributed by atoms with van der Waals surface area (Å²) in [6.07, 6.45) is 9.09. The van der Waals surface area contributed by atoms with Crippen molar-refractivity contribution in [3.05, 3.63) is 241 Å². The van der Waals surface area contributed by atoms with Crippen molar-refractivity contribution in [3.63, 3.8) is 0 Å². The number of anilines is 3. The van der Waals surface area contributed by atoms with Crippen molar-refractivity contribution in [2.24, 2.45) is 0 Å². The number of allylic oxidation sites excluding steroid dienone is 3. The van der Waals surface area contributed by atoms with Crippen LogP contribution >= 0.6 is 11.8 Å². The van der Waals surface area contributed by atoms with Gasteiger partial charge < -0.3 is 9.32 Å². The zero-order valence-electron chi connectivity index (χ0n) is 36.8. The van der Waals surface area contributed by atoms with Crippen LogP contribution < -0.4 is 4.90 Å². The Labute approximate surface area is 390 Å². The molecular formula is C63H45NOS. The molecule has 10 aromatic rings. The minimum absolute atomic E-state index is 0.105. The Morgan fingerprint density at radius 3 is 1.91 bits per heavy atom. The highest BCUT2D eigenvalue weighted by atomic mass is 32.2. The number of furan rings is 1. The number of fused-ring (bicyclic) bond motifs is 9. The van der Waals surface area contributed by atoms with Crippen molar-refractivity contribution < 1.29 is 4.42 Å². The lowest BCUT2D eigenvalue weighted by Crippen LogP contribution is -2.15. The molecule has 2 heterocycles. The molecule has 0 amide bonds. The maximum Gasteiger partial charge on any atom is 0.136 e. The van der Waals surface area contributed by atoms with Gasteiger partial charge >= 0.3 is 0 Å². The van der Waals surface area contributed by atoms with Crippen LogP contribution in [0.15, 0.2) is 234 Å². The molecule has 1 aliphatic heterocycles. The average Bonchev–Trinajstić information content (AvgIpc) is 4.02. The molecule has 0 fully saturated rings. The molecule has 2 unspecified atom stereocenters. The lowest BCUT2D eigenvalue weighted by atomic mass is 9.81. The van der Waals surface area contributed by atoms with Crippen LogP contribution in [0.3, 0.4) is 0 Å². The van der Waals surface area contributed by atoms with E-state index in [1.54, 1.807) is 0 Å².